The van der Waals surface area contributed by atoms with Gasteiger partial charge in [0.15, 0.2) is 0 Å². The summed E-state index contributed by atoms with van der Waals surface area (Å²) in [6, 6.07) is 0.504. The van der Waals surface area contributed by atoms with Crippen LogP contribution in [-0.2, 0) is 14.4 Å². The maximum Gasteiger partial charge on any atom is 0.224 e. The quantitative estimate of drug-likeness (QED) is 0.207. The van der Waals surface area contributed by atoms with Gasteiger partial charge in [0.2, 0.25) is 11.8 Å². The molecule has 1 fully saturated rings. The molecule has 2 amide bonds. The lowest BCUT2D eigenvalue weighted by molar-refractivity contribution is -0.125. The van der Waals surface area contributed by atoms with Crippen molar-refractivity contribution in [3.8, 4) is 0 Å². The van der Waals surface area contributed by atoms with E-state index in [1.807, 2.05) is 7.05 Å². The average molecular weight is 423 g/mol. The van der Waals surface area contributed by atoms with E-state index in [1.54, 1.807) is 14.2 Å². The van der Waals surface area contributed by atoms with E-state index in [9.17, 15) is 9.59 Å². The molecule has 0 spiro atoms. The van der Waals surface area contributed by atoms with E-state index in [4.69, 9.17) is 20.2 Å². The van der Waals surface area contributed by atoms with Crippen LogP contribution >= 0.6 is 0 Å². The van der Waals surface area contributed by atoms with Gasteiger partial charge in [0, 0.05) is 39.2 Å². The van der Waals surface area contributed by atoms with E-state index in [0.29, 0.717) is 19.3 Å². The van der Waals surface area contributed by atoms with Crippen LogP contribution in [0.2, 0.25) is 0 Å². The Morgan fingerprint density at radius 2 is 1.86 bits per heavy atom. The maximum atomic E-state index is 11.9. The third kappa shape index (κ3) is 14.3. The van der Waals surface area contributed by atoms with Crippen molar-refractivity contribution in [3.05, 3.63) is 0 Å². The normalized spacial score (nSPS) is 21.2. The zero-order valence-corrected chi connectivity index (χ0v) is 18.5. The van der Waals surface area contributed by atoms with Crippen LogP contribution in [0, 0.1) is 5.92 Å². The Labute approximate surface area is 174 Å². The van der Waals surface area contributed by atoms with Gasteiger partial charge in [0.25, 0.3) is 0 Å². The van der Waals surface area contributed by atoms with Gasteiger partial charge in [-0.05, 0) is 39.2 Å². The molecule has 1 saturated carbocycles. The average Bonchev–Trinajstić information content (AvgIpc) is 3.17. The monoisotopic (exact) mass is 422 g/mol. The molecule has 0 aromatic carbocycles. The van der Waals surface area contributed by atoms with Crippen molar-refractivity contribution >= 4 is 11.8 Å². The first-order valence-electron chi connectivity index (χ1n) is 10.1. The minimum atomic E-state index is -0.681. The molecule has 1 rings (SSSR count). The number of hydroxylamine groups is 1. The van der Waals surface area contributed by atoms with Crippen LogP contribution in [0.15, 0.2) is 0 Å². The van der Waals surface area contributed by atoms with Gasteiger partial charge < -0.3 is 36.1 Å². The molecule has 10 heteroatoms. The molecule has 174 valence electrons. The van der Waals surface area contributed by atoms with E-state index in [2.05, 4.69) is 28.4 Å². The molecule has 7 N–H and O–H groups in total. The third-order valence-electron chi connectivity index (χ3n) is 4.53. The SMILES string of the molecule is CCCNC(=O)C1CC(NOC)CC1NC.CNC(=O)CCCC(O)CO.CO. The lowest BCUT2D eigenvalue weighted by Gasteiger charge is -2.17. The number of carbonyl (C=O) groups is 2. The summed E-state index contributed by atoms with van der Waals surface area (Å²) in [5, 5.41) is 32.9. The van der Waals surface area contributed by atoms with Gasteiger partial charge in [-0.3, -0.25) is 9.59 Å². The van der Waals surface area contributed by atoms with Crippen molar-refractivity contribution in [2.75, 3.05) is 41.5 Å². The summed E-state index contributed by atoms with van der Waals surface area (Å²) in [5.74, 6) is 0.168. The van der Waals surface area contributed by atoms with Gasteiger partial charge in [-0.2, -0.15) is 5.48 Å². The molecule has 1 aliphatic carbocycles. The van der Waals surface area contributed by atoms with Crippen LogP contribution < -0.4 is 21.4 Å². The molecule has 0 bridgehead atoms. The number of nitrogens with one attached hydrogen (secondary N) is 4. The number of rotatable bonds is 11. The number of hydrogen-bond donors (Lipinski definition) is 7. The summed E-state index contributed by atoms with van der Waals surface area (Å²) in [4.78, 5) is 27.4. The number of aliphatic hydroxyl groups is 3. The zero-order chi connectivity index (χ0) is 22.7. The van der Waals surface area contributed by atoms with Crippen molar-refractivity contribution in [1.29, 1.82) is 0 Å². The Morgan fingerprint density at radius 3 is 2.34 bits per heavy atom. The van der Waals surface area contributed by atoms with E-state index in [-0.39, 0.29) is 36.4 Å². The molecular formula is C19H42N4O6. The van der Waals surface area contributed by atoms with Gasteiger partial charge >= 0.3 is 0 Å². The largest absolute Gasteiger partial charge is 0.400 e. The molecule has 0 radical (unpaired) electrons. The number of carbonyl (C=O) groups excluding carboxylic acids is 2. The van der Waals surface area contributed by atoms with Gasteiger partial charge in [-0.25, -0.2) is 0 Å². The highest BCUT2D eigenvalue weighted by atomic mass is 16.6. The van der Waals surface area contributed by atoms with E-state index >= 15 is 0 Å². The standard InChI is InChI=1S/C11H23N3O2.C7H15NO3.CH4O/c1-4-5-13-11(15)9-6-8(14-16-3)7-10(9)12-2;1-8-7(11)4-2-3-6(10)5-9;1-2/h8-10,12,14H,4-7H2,1-3H3,(H,13,15);6,9-10H,2-5H2,1H3,(H,8,11);2H,1H3. The van der Waals surface area contributed by atoms with Crippen molar-refractivity contribution in [1.82, 2.24) is 21.4 Å². The topological polar surface area (TPSA) is 152 Å². The van der Waals surface area contributed by atoms with Crippen LogP contribution in [0.4, 0.5) is 0 Å². The first-order valence-corrected chi connectivity index (χ1v) is 10.1. The van der Waals surface area contributed by atoms with Gasteiger partial charge in [0.05, 0.1) is 25.7 Å². The highest BCUT2D eigenvalue weighted by molar-refractivity contribution is 5.79. The van der Waals surface area contributed by atoms with E-state index < -0.39 is 6.10 Å². The second kappa shape index (κ2) is 20.0. The summed E-state index contributed by atoms with van der Waals surface area (Å²) < 4.78 is 0. The summed E-state index contributed by atoms with van der Waals surface area (Å²) in [5.41, 5.74) is 2.93. The van der Waals surface area contributed by atoms with Gasteiger partial charge in [0.1, 0.15) is 0 Å². The van der Waals surface area contributed by atoms with Crippen molar-refractivity contribution in [2.45, 2.75) is 63.6 Å². The third-order valence-corrected chi connectivity index (χ3v) is 4.53. The van der Waals surface area contributed by atoms with Crippen LogP contribution in [0.25, 0.3) is 0 Å². The molecule has 4 atom stereocenters. The summed E-state index contributed by atoms with van der Waals surface area (Å²) in [7, 11) is 6.09. The Hall–Kier alpha value is -1.30. The Bertz CT molecular complexity index is 414. The van der Waals surface area contributed by atoms with E-state index in [0.717, 1.165) is 32.9 Å². The minimum absolute atomic E-state index is 0.0323. The molecular weight excluding hydrogens is 380 g/mol. The van der Waals surface area contributed by atoms with Crippen molar-refractivity contribution in [3.63, 3.8) is 0 Å². The molecule has 29 heavy (non-hydrogen) atoms. The van der Waals surface area contributed by atoms with Crippen LogP contribution in [0.3, 0.4) is 0 Å². The summed E-state index contributed by atoms with van der Waals surface area (Å²) >= 11 is 0. The number of aliphatic hydroxyl groups excluding tert-OH is 3. The van der Waals surface area contributed by atoms with Gasteiger partial charge in [-0.15, -0.1) is 0 Å². The van der Waals surface area contributed by atoms with Crippen LogP contribution in [-0.4, -0.2) is 86.8 Å². The Balaban J connectivity index is 0. The predicted octanol–water partition coefficient (Wildman–Crippen LogP) is -1.11. The fourth-order valence-corrected chi connectivity index (χ4v) is 3.00. The molecule has 0 aromatic heterocycles. The predicted molar refractivity (Wildman–Crippen MR) is 112 cm³/mol. The molecule has 0 aliphatic heterocycles. The minimum Gasteiger partial charge on any atom is -0.400 e. The lowest BCUT2D eigenvalue weighted by Crippen LogP contribution is -2.40. The number of amides is 2. The fourth-order valence-electron chi connectivity index (χ4n) is 3.00. The van der Waals surface area contributed by atoms with Gasteiger partial charge in [-0.1, -0.05) is 6.92 Å². The second-order valence-corrected chi connectivity index (χ2v) is 6.68. The zero-order valence-electron chi connectivity index (χ0n) is 18.5. The summed E-state index contributed by atoms with van der Waals surface area (Å²) in [6.45, 7) is 2.58. The fraction of sp³-hybridized carbons (Fsp3) is 0.895. The Morgan fingerprint density at radius 1 is 1.21 bits per heavy atom. The lowest BCUT2D eigenvalue weighted by atomic mass is 10.0. The summed E-state index contributed by atoms with van der Waals surface area (Å²) in [6.07, 6.45) is 3.55. The molecule has 1 aliphatic rings. The maximum absolute atomic E-state index is 11.9. The van der Waals surface area contributed by atoms with E-state index in [1.165, 1.54) is 0 Å². The highest BCUT2D eigenvalue weighted by Gasteiger charge is 2.37. The molecule has 0 saturated heterocycles. The van der Waals surface area contributed by atoms with Crippen LogP contribution in [0.5, 0.6) is 0 Å². The molecule has 0 aromatic rings. The molecule has 0 heterocycles. The van der Waals surface area contributed by atoms with Crippen molar-refractivity contribution in [2.24, 2.45) is 5.92 Å². The molecule has 4 unspecified atom stereocenters. The Kier molecular flexibility index (Phi) is 20.6. The second-order valence-electron chi connectivity index (χ2n) is 6.68. The molecule has 10 nitrogen and oxygen atoms in total. The van der Waals surface area contributed by atoms with Crippen LogP contribution in [0.1, 0.15) is 45.4 Å². The van der Waals surface area contributed by atoms with Crippen molar-refractivity contribution < 1.29 is 29.7 Å². The first kappa shape index (κ1) is 29.9. The first-order chi connectivity index (χ1) is 13.9. The smallest absolute Gasteiger partial charge is 0.224 e. The highest BCUT2D eigenvalue weighted by Crippen LogP contribution is 2.26. The number of hydrogen-bond acceptors (Lipinski definition) is 8.